The number of hydrogen-bond donors (Lipinski definition) is 2. The van der Waals surface area contributed by atoms with Crippen LogP contribution in [-0.4, -0.2) is 14.9 Å². The van der Waals surface area contributed by atoms with Crippen LogP contribution in [0.3, 0.4) is 0 Å². The van der Waals surface area contributed by atoms with Crippen molar-refractivity contribution in [3.8, 4) is 16.9 Å². The van der Waals surface area contributed by atoms with Crippen molar-refractivity contribution in [3.05, 3.63) is 96.9 Å². The zero-order valence-electron chi connectivity index (χ0n) is 14.8. The maximum atomic E-state index is 13.4. The maximum Gasteiger partial charge on any atom is 0.175 e. The van der Waals surface area contributed by atoms with Gasteiger partial charge in [0, 0.05) is 11.3 Å². The van der Waals surface area contributed by atoms with Gasteiger partial charge in [-0.05, 0) is 60.7 Å². The molecule has 0 radical (unpaired) electrons. The molecule has 0 atom stereocenters. The highest BCUT2D eigenvalue weighted by Gasteiger charge is 2.14. The fraction of sp³-hybridized carbons (Fsp3) is 0. The molecule has 0 aliphatic carbocycles. The van der Waals surface area contributed by atoms with Crippen LogP contribution >= 0.6 is 12.2 Å². The number of benzene rings is 3. The number of halogens is 1. The molecule has 0 amide bonds. The lowest BCUT2D eigenvalue weighted by molar-refractivity contribution is 0.628. The first-order valence-corrected chi connectivity index (χ1v) is 9.14. The predicted molar refractivity (Wildman–Crippen MR) is 115 cm³/mol. The zero-order valence-corrected chi connectivity index (χ0v) is 15.7. The van der Waals surface area contributed by atoms with Gasteiger partial charge in [-0.1, -0.05) is 36.4 Å². The van der Waals surface area contributed by atoms with Crippen molar-refractivity contribution in [2.75, 3.05) is 10.6 Å². The van der Waals surface area contributed by atoms with Crippen LogP contribution in [0.5, 0.6) is 0 Å². The fourth-order valence-corrected chi connectivity index (χ4v) is 3.03. The van der Waals surface area contributed by atoms with Crippen LogP contribution in [-0.2, 0) is 0 Å². The molecule has 4 rings (SSSR count). The number of thiocarbonyl (C=S) groups is 1. The predicted octanol–water partition coefficient (Wildman–Crippen LogP) is 5.49. The molecule has 4 nitrogen and oxygen atoms in total. The molecule has 0 saturated carbocycles. The summed E-state index contributed by atoms with van der Waals surface area (Å²) < 4.78 is 15.1. The molecule has 0 aliphatic heterocycles. The number of anilines is 2. The Kier molecular flexibility index (Phi) is 5.12. The summed E-state index contributed by atoms with van der Waals surface area (Å²) >= 11 is 5.46. The van der Waals surface area contributed by atoms with Crippen LogP contribution in [0.2, 0.25) is 0 Å². The van der Waals surface area contributed by atoms with E-state index in [1.54, 1.807) is 16.8 Å². The highest BCUT2D eigenvalue weighted by molar-refractivity contribution is 7.80. The average molecular weight is 388 g/mol. The maximum absolute atomic E-state index is 13.4. The minimum atomic E-state index is -0.290. The van der Waals surface area contributed by atoms with E-state index in [0.717, 1.165) is 22.6 Å². The summed E-state index contributed by atoms with van der Waals surface area (Å²) in [6.07, 6.45) is 1.87. The molecule has 4 aromatic rings. The molecule has 28 heavy (non-hydrogen) atoms. The zero-order chi connectivity index (χ0) is 19.3. The number of aromatic nitrogens is 2. The van der Waals surface area contributed by atoms with Crippen molar-refractivity contribution in [2.24, 2.45) is 0 Å². The first-order chi connectivity index (χ1) is 13.7. The monoisotopic (exact) mass is 388 g/mol. The third kappa shape index (κ3) is 4.07. The highest BCUT2D eigenvalue weighted by atomic mass is 32.1. The molecular weight excluding hydrogens is 371 g/mol. The number of hydrogen-bond acceptors (Lipinski definition) is 2. The Morgan fingerprint density at radius 1 is 0.821 bits per heavy atom. The standard InChI is InChI=1S/C22H17FN4S/c23-17-13-11-16(12-14-17)21-20(15-27(26-21)19-9-5-2-6-10-19)25-22(28)24-18-7-3-1-4-8-18/h1-15H,(H2,24,25,28). The molecule has 1 heterocycles. The summed E-state index contributed by atoms with van der Waals surface area (Å²) in [5, 5.41) is 11.5. The second kappa shape index (κ2) is 8.02. The lowest BCUT2D eigenvalue weighted by atomic mass is 10.1. The normalized spacial score (nSPS) is 10.5. The molecule has 0 saturated heterocycles. The van der Waals surface area contributed by atoms with Crippen molar-refractivity contribution in [1.29, 1.82) is 0 Å². The number of nitrogens with zero attached hydrogens (tertiary/aromatic N) is 2. The highest BCUT2D eigenvalue weighted by Crippen LogP contribution is 2.28. The summed E-state index contributed by atoms with van der Waals surface area (Å²) in [4.78, 5) is 0. The van der Waals surface area contributed by atoms with Gasteiger partial charge >= 0.3 is 0 Å². The van der Waals surface area contributed by atoms with Crippen molar-refractivity contribution >= 4 is 28.7 Å². The Labute approximate surface area is 167 Å². The Hall–Kier alpha value is -3.51. The third-order valence-electron chi connectivity index (χ3n) is 4.13. The number of nitrogens with one attached hydrogen (secondary N) is 2. The minimum absolute atomic E-state index is 0.290. The smallest absolute Gasteiger partial charge is 0.175 e. The van der Waals surface area contributed by atoms with Gasteiger partial charge in [-0.25, -0.2) is 9.07 Å². The summed E-state index contributed by atoms with van der Waals surface area (Å²) in [7, 11) is 0. The van der Waals surface area contributed by atoms with E-state index in [1.165, 1.54) is 12.1 Å². The Morgan fingerprint density at radius 2 is 1.46 bits per heavy atom. The molecule has 6 heteroatoms. The van der Waals surface area contributed by atoms with E-state index in [1.807, 2.05) is 66.9 Å². The lowest BCUT2D eigenvalue weighted by Gasteiger charge is -2.10. The second-order valence-electron chi connectivity index (χ2n) is 6.12. The number of rotatable bonds is 4. The van der Waals surface area contributed by atoms with Gasteiger partial charge in [-0.15, -0.1) is 0 Å². The molecule has 0 aliphatic rings. The van der Waals surface area contributed by atoms with Crippen LogP contribution in [0.25, 0.3) is 16.9 Å². The molecular formula is C22H17FN4S. The van der Waals surface area contributed by atoms with Gasteiger partial charge < -0.3 is 10.6 Å². The average Bonchev–Trinajstić information content (AvgIpc) is 3.13. The molecule has 138 valence electrons. The van der Waals surface area contributed by atoms with Crippen LogP contribution < -0.4 is 10.6 Å². The quantitative estimate of drug-likeness (QED) is 0.454. The van der Waals surface area contributed by atoms with Crippen LogP contribution in [0.15, 0.2) is 91.1 Å². The first-order valence-electron chi connectivity index (χ1n) is 8.73. The van der Waals surface area contributed by atoms with E-state index in [0.29, 0.717) is 10.8 Å². The largest absolute Gasteiger partial charge is 0.332 e. The summed E-state index contributed by atoms with van der Waals surface area (Å²) in [5.74, 6) is -0.290. The minimum Gasteiger partial charge on any atom is -0.332 e. The summed E-state index contributed by atoms with van der Waals surface area (Å²) in [5.41, 5.74) is 4.01. The van der Waals surface area contributed by atoms with Crippen molar-refractivity contribution in [2.45, 2.75) is 0 Å². The lowest BCUT2D eigenvalue weighted by Crippen LogP contribution is -2.19. The van der Waals surface area contributed by atoms with E-state index in [9.17, 15) is 4.39 Å². The van der Waals surface area contributed by atoms with Gasteiger partial charge in [0.1, 0.15) is 11.5 Å². The van der Waals surface area contributed by atoms with Gasteiger partial charge in [-0.3, -0.25) is 0 Å². The van der Waals surface area contributed by atoms with E-state index in [4.69, 9.17) is 12.2 Å². The van der Waals surface area contributed by atoms with E-state index in [2.05, 4.69) is 15.7 Å². The molecule has 1 aromatic heterocycles. The van der Waals surface area contributed by atoms with Crippen LogP contribution in [0.4, 0.5) is 15.8 Å². The molecule has 0 fully saturated rings. The van der Waals surface area contributed by atoms with Crippen LogP contribution in [0, 0.1) is 5.82 Å². The van der Waals surface area contributed by atoms with Gasteiger partial charge in [0.25, 0.3) is 0 Å². The second-order valence-corrected chi connectivity index (χ2v) is 6.53. The summed E-state index contributed by atoms with van der Waals surface area (Å²) in [6, 6.07) is 25.7. The SMILES string of the molecule is Fc1ccc(-c2nn(-c3ccccc3)cc2NC(=S)Nc2ccccc2)cc1. The van der Waals surface area contributed by atoms with Gasteiger partial charge in [0.2, 0.25) is 0 Å². The Bertz CT molecular complexity index is 1080. The Balaban J connectivity index is 1.67. The van der Waals surface area contributed by atoms with Gasteiger partial charge in [0.15, 0.2) is 5.11 Å². The van der Waals surface area contributed by atoms with E-state index in [-0.39, 0.29) is 5.82 Å². The molecule has 2 N–H and O–H groups in total. The topological polar surface area (TPSA) is 41.9 Å². The molecule has 3 aromatic carbocycles. The fourth-order valence-electron chi connectivity index (χ4n) is 2.81. The van der Waals surface area contributed by atoms with Crippen molar-refractivity contribution in [1.82, 2.24) is 9.78 Å². The molecule has 0 bridgehead atoms. The summed E-state index contributed by atoms with van der Waals surface area (Å²) in [6.45, 7) is 0. The molecule has 0 spiro atoms. The number of para-hydroxylation sites is 2. The van der Waals surface area contributed by atoms with Gasteiger partial charge in [0.05, 0.1) is 17.6 Å². The third-order valence-corrected chi connectivity index (χ3v) is 4.34. The van der Waals surface area contributed by atoms with Crippen LogP contribution in [0.1, 0.15) is 0 Å². The van der Waals surface area contributed by atoms with E-state index >= 15 is 0 Å². The van der Waals surface area contributed by atoms with Crippen molar-refractivity contribution < 1.29 is 4.39 Å². The van der Waals surface area contributed by atoms with E-state index < -0.39 is 0 Å². The Morgan fingerprint density at radius 3 is 2.14 bits per heavy atom. The van der Waals surface area contributed by atoms with Gasteiger partial charge in [-0.2, -0.15) is 5.10 Å². The first kappa shape index (κ1) is 17.9. The molecule has 0 unspecified atom stereocenters. The van der Waals surface area contributed by atoms with Crippen molar-refractivity contribution in [3.63, 3.8) is 0 Å².